The molecule has 1 aromatic rings. The number of amides is 2. The summed E-state index contributed by atoms with van der Waals surface area (Å²) >= 11 is 0. The number of hydroxylamine groups is 1. The molecule has 2 amide bonds. The summed E-state index contributed by atoms with van der Waals surface area (Å²) in [5.41, 5.74) is 2.98. The maximum absolute atomic E-state index is 12.7. The highest BCUT2D eigenvalue weighted by atomic mass is 16.5. The Hall–Kier alpha value is -1.88. The van der Waals surface area contributed by atoms with E-state index in [2.05, 4.69) is 24.3 Å². The lowest BCUT2D eigenvalue weighted by atomic mass is 9.88. The molecule has 1 aromatic carbocycles. The van der Waals surface area contributed by atoms with Crippen molar-refractivity contribution in [1.82, 2.24) is 10.4 Å². The van der Waals surface area contributed by atoms with Crippen molar-refractivity contribution >= 4 is 11.8 Å². The average molecular weight is 332 g/mol. The highest BCUT2D eigenvalue weighted by Gasteiger charge is 2.33. The maximum atomic E-state index is 12.7. The van der Waals surface area contributed by atoms with E-state index in [0.717, 1.165) is 19.3 Å². The van der Waals surface area contributed by atoms with Gasteiger partial charge in [-0.05, 0) is 43.1 Å². The van der Waals surface area contributed by atoms with Crippen molar-refractivity contribution in [3.8, 4) is 0 Å². The van der Waals surface area contributed by atoms with Crippen LogP contribution in [0.5, 0.6) is 0 Å². The van der Waals surface area contributed by atoms with E-state index in [1.807, 2.05) is 19.9 Å². The molecule has 2 rings (SSSR count). The minimum Gasteiger partial charge on any atom is -0.342 e. The summed E-state index contributed by atoms with van der Waals surface area (Å²) in [6.45, 7) is 5.31. The fourth-order valence-corrected chi connectivity index (χ4v) is 3.39. The van der Waals surface area contributed by atoms with Crippen LogP contribution < -0.4 is 5.48 Å². The van der Waals surface area contributed by atoms with E-state index in [1.54, 1.807) is 10.4 Å². The molecule has 24 heavy (non-hydrogen) atoms. The first kappa shape index (κ1) is 18.5. The Bertz CT molecular complexity index is 537. The lowest BCUT2D eigenvalue weighted by Crippen LogP contribution is -2.46. The molecule has 0 aromatic heterocycles. The minimum atomic E-state index is -0.791. The van der Waals surface area contributed by atoms with Crippen molar-refractivity contribution in [3.05, 3.63) is 35.9 Å². The van der Waals surface area contributed by atoms with E-state index in [0.29, 0.717) is 25.4 Å². The zero-order chi connectivity index (χ0) is 17.5. The second kappa shape index (κ2) is 8.83. The van der Waals surface area contributed by atoms with Crippen LogP contribution in [0.25, 0.3) is 0 Å². The van der Waals surface area contributed by atoms with Gasteiger partial charge in [-0.1, -0.05) is 44.2 Å². The fraction of sp³-hybridized carbons (Fsp3) is 0.579. The van der Waals surface area contributed by atoms with Crippen molar-refractivity contribution in [1.29, 1.82) is 0 Å². The Morgan fingerprint density at radius 3 is 2.38 bits per heavy atom. The fourth-order valence-electron chi connectivity index (χ4n) is 3.39. The Balaban J connectivity index is 1.90. The van der Waals surface area contributed by atoms with E-state index in [-0.39, 0.29) is 11.8 Å². The summed E-state index contributed by atoms with van der Waals surface area (Å²) < 4.78 is 0. The van der Waals surface area contributed by atoms with Crippen molar-refractivity contribution in [2.75, 3.05) is 13.1 Å². The minimum absolute atomic E-state index is 0.159. The average Bonchev–Trinajstić information content (AvgIpc) is 2.60. The number of benzene rings is 1. The number of hydrogen-bond donors (Lipinski definition) is 2. The van der Waals surface area contributed by atoms with E-state index in [4.69, 9.17) is 5.21 Å². The second-order valence-electron chi connectivity index (χ2n) is 7.12. The highest BCUT2D eigenvalue weighted by Crippen LogP contribution is 2.24. The molecule has 0 radical (unpaired) electrons. The summed E-state index contributed by atoms with van der Waals surface area (Å²) in [6.07, 6.45) is 3.40. The lowest BCUT2D eigenvalue weighted by Gasteiger charge is -2.34. The first-order chi connectivity index (χ1) is 11.5. The predicted octanol–water partition coefficient (Wildman–Crippen LogP) is 2.64. The number of rotatable bonds is 6. The molecule has 1 saturated heterocycles. The molecule has 1 heterocycles. The third kappa shape index (κ3) is 5.06. The molecule has 5 nitrogen and oxygen atoms in total. The molecule has 1 unspecified atom stereocenters. The van der Waals surface area contributed by atoms with Crippen LogP contribution in [0.2, 0.25) is 0 Å². The first-order valence-corrected chi connectivity index (χ1v) is 8.78. The topological polar surface area (TPSA) is 69.6 Å². The van der Waals surface area contributed by atoms with Gasteiger partial charge in [-0.25, -0.2) is 5.48 Å². The van der Waals surface area contributed by atoms with Gasteiger partial charge in [0.2, 0.25) is 5.91 Å². The van der Waals surface area contributed by atoms with E-state index >= 15 is 0 Å². The van der Waals surface area contributed by atoms with Crippen LogP contribution in [0.4, 0.5) is 0 Å². The number of carbonyl (C=O) groups is 2. The Labute approximate surface area is 144 Å². The van der Waals surface area contributed by atoms with Gasteiger partial charge >= 0.3 is 0 Å². The van der Waals surface area contributed by atoms with Crippen molar-refractivity contribution < 1.29 is 14.8 Å². The van der Waals surface area contributed by atoms with Crippen LogP contribution in [0, 0.1) is 17.8 Å². The molecule has 1 fully saturated rings. The zero-order valence-electron chi connectivity index (χ0n) is 14.6. The maximum Gasteiger partial charge on any atom is 0.255 e. The predicted molar refractivity (Wildman–Crippen MR) is 92.3 cm³/mol. The number of nitrogens with zero attached hydrogens (tertiary/aromatic N) is 1. The van der Waals surface area contributed by atoms with Gasteiger partial charge in [-0.2, -0.15) is 0 Å². The Morgan fingerprint density at radius 1 is 1.21 bits per heavy atom. The lowest BCUT2D eigenvalue weighted by molar-refractivity contribution is -0.147. The molecule has 0 aliphatic carbocycles. The van der Waals surface area contributed by atoms with Crippen LogP contribution in [0.1, 0.15) is 38.7 Å². The van der Waals surface area contributed by atoms with Gasteiger partial charge in [0, 0.05) is 13.1 Å². The van der Waals surface area contributed by atoms with E-state index in [1.165, 1.54) is 5.56 Å². The smallest absolute Gasteiger partial charge is 0.255 e. The number of carbonyl (C=O) groups excluding carboxylic acids is 2. The first-order valence-electron chi connectivity index (χ1n) is 8.78. The molecule has 1 aliphatic heterocycles. The largest absolute Gasteiger partial charge is 0.342 e. The summed E-state index contributed by atoms with van der Waals surface area (Å²) in [7, 11) is 0. The SMILES string of the molecule is CC(C)CC(C(=O)NO)C(=O)N1CCC(Cc2ccccc2)CC1. The Kier molecular flexibility index (Phi) is 6.79. The second-order valence-corrected chi connectivity index (χ2v) is 7.12. The van der Waals surface area contributed by atoms with Crippen LogP contribution in [0.15, 0.2) is 30.3 Å². The standard InChI is InChI=1S/C19H28N2O3/c1-14(2)12-17(18(22)20-24)19(23)21-10-8-16(9-11-21)13-15-6-4-3-5-7-15/h3-7,14,16-17,24H,8-13H2,1-2H3,(H,20,22). The molecule has 0 saturated carbocycles. The van der Waals surface area contributed by atoms with Crippen LogP contribution in [-0.4, -0.2) is 35.0 Å². The number of piperidine rings is 1. The molecule has 132 valence electrons. The zero-order valence-corrected chi connectivity index (χ0v) is 14.6. The van der Waals surface area contributed by atoms with Gasteiger partial charge in [0.15, 0.2) is 0 Å². The Morgan fingerprint density at radius 2 is 1.83 bits per heavy atom. The van der Waals surface area contributed by atoms with Crippen LogP contribution in [-0.2, 0) is 16.0 Å². The van der Waals surface area contributed by atoms with Crippen molar-refractivity contribution in [2.45, 2.75) is 39.5 Å². The van der Waals surface area contributed by atoms with Gasteiger partial charge in [-0.15, -0.1) is 0 Å². The summed E-state index contributed by atoms with van der Waals surface area (Å²) in [5, 5.41) is 8.90. The van der Waals surface area contributed by atoms with Gasteiger partial charge in [0.1, 0.15) is 5.92 Å². The monoisotopic (exact) mass is 332 g/mol. The van der Waals surface area contributed by atoms with Crippen LogP contribution >= 0.6 is 0 Å². The van der Waals surface area contributed by atoms with Gasteiger partial charge in [-0.3, -0.25) is 14.8 Å². The third-order valence-electron chi connectivity index (χ3n) is 4.73. The van der Waals surface area contributed by atoms with E-state index in [9.17, 15) is 9.59 Å². The molecule has 0 bridgehead atoms. The van der Waals surface area contributed by atoms with Gasteiger partial charge < -0.3 is 4.90 Å². The van der Waals surface area contributed by atoms with Crippen molar-refractivity contribution in [2.24, 2.45) is 17.8 Å². The molecular formula is C19H28N2O3. The summed E-state index contributed by atoms with van der Waals surface area (Å²) in [6, 6.07) is 10.4. The molecular weight excluding hydrogens is 304 g/mol. The van der Waals surface area contributed by atoms with Crippen molar-refractivity contribution in [3.63, 3.8) is 0 Å². The number of likely N-dealkylation sites (tertiary alicyclic amines) is 1. The summed E-state index contributed by atoms with van der Waals surface area (Å²) in [5.74, 6) is -0.757. The molecule has 2 N–H and O–H groups in total. The number of hydrogen-bond acceptors (Lipinski definition) is 3. The molecule has 1 atom stereocenters. The third-order valence-corrected chi connectivity index (χ3v) is 4.73. The normalized spacial score (nSPS) is 16.9. The molecule has 1 aliphatic rings. The van der Waals surface area contributed by atoms with Gasteiger partial charge in [0.05, 0.1) is 0 Å². The van der Waals surface area contributed by atoms with Gasteiger partial charge in [0.25, 0.3) is 5.91 Å². The molecule has 0 spiro atoms. The highest BCUT2D eigenvalue weighted by molar-refractivity contribution is 5.99. The number of nitrogens with one attached hydrogen (secondary N) is 1. The van der Waals surface area contributed by atoms with Crippen LogP contribution in [0.3, 0.4) is 0 Å². The van der Waals surface area contributed by atoms with E-state index < -0.39 is 11.8 Å². The summed E-state index contributed by atoms with van der Waals surface area (Å²) in [4.78, 5) is 26.3. The quantitative estimate of drug-likeness (QED) is 0.478. The molecule has 5 heteroatoms.